The van der Waals surface area contributed by atoms with Crippen LogP contribution in [0.1, 0.15) is 43.7 Å². The number of nitrogens with zero attached hydrogens (tertiary/aromatic N) is 3. The molecule has 2 fully saturated rings. The van der Waals surface area contributed by atoms with E-state index < -0.39 is 6.03 Å². The molecule has 0 spiro atoms. The maximum absolute atomic E-state index is 12.7. The predicted octanol–water partition coefficient (Wildman–Crippen LogP) is 2.52. The zero-order chi connectivity index (χ0) is 22.1. The highest BCUT2D eigenvalue weighted by Crippen LogP contribution is 2.24. The fourth-order valence-electron chi connectivity index (χ4n) is 4.70. The van der Waals surface area contributed by atoms with Crippen molar-refractivity contribution < 1.29 is 14.4 Å². The SMILES string of the molecule is Cc1cc2ncn(CC3CCN(C(=O)CCC4C(=O)NC(=O)NC4C)CC3)c2cc1C. The van der Waals surface area contributed by atoms with E-state index in [1.54, 1.807) is 6.92 Å². The van der Waals surface area contributed by atoms with E-state index in [9.17, 15) is 14.4 Å². The van der Waals surface area contributed by atoms with Crippen LogP contribution in [0.3, 0.4) is 0 Å². The maximum Gasteiger partial charge on any atom is 0.321 e. The number of benzene rings is 1. The number of aromatic nitrogens is 2. The fourth-order valence-corrected chi connectivity index (χ4v) is 4.70. The molecule has 3 heterocycles. The monoisotopic (exact) mass is 425 g/mol. The molecule has 0 aliphatic carbocycles. The lowest BCUT2D eigenvalue weighted by Crippen LogP contribution is -2.57. The molecule has 1 aromatic heterocycles. The number of nitrogens with one attached hydrogen (secondary N) is 2. The Labute approximate surface area is 182 Å². The van der Waals surface area contributed by atoms with Crippen molar-refractivity contribution in [2.75, 3.05) is 13.1 Å². The van der Waals surface area contributed by atoms with E-state index in [0.717, 1.165) is 38.0 Å². The Morgan fingerprint density at radius 1 is 1.16 bits per heavy atom. The number of imidazole rings is 1. The zero-order valence-corrected chi connectivity index (χ0v) is 18.5. The Morgan fingerprint density at radius 2 is 1.87 bits per heavy atom. The summed E-state index contributed by atoms with van der Waals surface area (Å²) >= 11 is 0. The first-order valence-electron chi connectivity index (χ1n) is 11.1. The van der Waals surface area contributed by atoms with Gasteiger partial charge in [-0.25, -0.2) is 9.78 Å². The van der Waals surface area contributed by atoms with Crippen molar-refractivity contribution in [1.82, 2.24) is 25.1 Å². The quantitative estimate of drug-likeness (QED) is 0.769. The first-order valence-corrected chi connectivity index (χ1v) is 11.1. The average Bonchev–Trinajstić information content (AvgIpc) is 3.09. The van der Waals surface area contributed by atoms with Gasteiger partial charge in [0.2, 0.25) is 11.8 Å². The van der Waals surface area contributed by atoms with Crippen LogP contribution in [0.4, 0.5) is 4.79 Å². The van der Waals surface area contributed by atoms with Gasteiger partial charge in [-0.2, -0.15) is 0 Å². The van der Waals surface area contributed by atoms with Crippen molar-refractivity contribution in [3.63, 3.8) is 0 Å². The van der Waals surface area contributed by atoms with Crippen molar-refractivity contribution in [2.45, 2.75) is 59.0 Å². The maximum atomic E-state index is 12.7. The third-order valence-corrected chi connectivity index (χ3v) is 6.86. The number of piperidine rings is 1. The minimum atomic E-state index is -0.460. The van der Waals surface area contributed by atoms with Gasteiger partial charge in [0, 0.05) is 32.1 Å². The molecule has 2 aromatic rings. The predicted molar refractivity (Wildman–Crippen MR) is 117 cm³/mol. The second kappa shape index (κ2) is 8.69. The summed E-state index contributed by atoms with van der Waals surface area (Å²) in [6, 6.07) is 3.64. The molecular formula is C23H31N5O3. The molecule has 1 aromatic carbocycles. The molecular weight excluding hydrogens is 394 g/mol. The van der Waals surface area contributed by atoms with Gasteiger partial charge in [0.1, 0.15) is 0 Å². The minimum absolute atomic E-state index is 0.0922. The Hall–Kier alpha value is -2.90. The van der Waals surface area contributed by atoms with Crippen LogP contribution in [-0.2, 0) is 16.1 Å². The highest BCUT2D eigenvalue weighted by molar-refractivity contribution is 5.98. The van der Waals surface area contributed by atoms with Crippen LogP contribution in [0.5, 0.6) is 0 Å². The zero-order valence-electron chi connectivity index (χ0n) is 18.5. The highest BCUT2D eigenvalue weighted by Gasteiger charge is 2.33. The summed E-state index contributed by atoms with van der Waals surface area (Å²) in [7, 11) is 0. The van der Waals surface area contributed by atoms with E-state index in [-0.39, 0.29) is 23.8 Å². The second-order valence-electron chi connectivity index (χ2n) is 9.04. The van der Waals surface area contributed by atoms with Crippen molar-refractivity contribution >= 4 is 28.9 Å². The Bertz CT molecular complexity index is 1010. The van der Waals surface area contributed by atoms with Crippen LogP contribution in [0, 0.1) is 25.7 Å². The standard InChI is InChI=1S/C23H31N5O3/c1-14-10-19-20(11-15(14)2)28(13-24-19)12-17-6-8-27(9-7-17)21(29)5-4-18-16(3)25-23(31)26-22(18)30/h10-11,13,16-18H,4-9,12H2,1-3H3,(H2,25,26,30,31). The number of urea groups is 1. The van der Waals surface area contributed by atoms with Gasteiger partial charge in [0.25, 0.3) is 0 Å². The molecule has 31 heavy (non-hydrogen) atoms. The first kappa shape index (κ1) is 21.3. The summed E-state index contributed by atoms with van der Waals surface area (Å²) in [5, 5.41) is 4.99. The van der Waals surface area contributed by atoms with Crippen molar-refractivity contribution in [3.05, 3.63) is 29.6 Å². The number of carbonyl (C=O) groups is 3. The Morgan fingerprint density at radius 3 is 2.58 bits per heavy atom. The van der Waals surface area contributed by atoms with Gasteiger partial charge >= 0.3 is 6.03 Å². The number of hydrogen-bond donors (Lipinski definition) is 2. The van der Waals surface area contributed by atoms with E-state index in [1.165, 1.54) is 16.6 Å². The summed E-state index contributed by atoms with van der Waals surface area (Å²) in [5.74, 6) is -0.0431. The summed E-state index contributed by atoms with van der Waals surface area (Å²) in [5.41, 5.74) is 4.74. The molecule has 8 nitrogen and oxygen atoms in total. The third-order valence-electron chi connectivity index (χ3n) is 6.86. The van der Waals surface area contributed by atoms with Crippen molar-refractivity contribution in [1.29, 1.82) is 0 Å². The van der Waals surface area contributed by atoms with Crippen LogP contribution >= 0.6 is 0 Å². The molecule has 166 valence electrons. The van der Waals surface area contributed by atoms with E-state index in [2.05, 4.69) is 46.2 Å². The third kappa shape index (κ3) is 4.57. The van der Waals surface area contributed by atoms with E-state index >= 15 is 0 Å². The van der Waals surface area contributed by atoms with E-state index in [0.29, 0.717) is 18.8 Å². The van der Waals surface area contributed by atoms with Crippen LogP contribution in [-0.4, -0.2) is 51.4 Å². The lowest BCUT2D eigenvalue weighted by atomic mass is 9.92. The van der Waals surface area contributed by atoms with Crippen LogP contribution < -0.4 is 10.6 Å². The van der Waals surface area contributed by atoms with Crippen LogP contribution in [0.2, 0.25) is 0 Å². The number of amides is 4. The van der Waals surface area contributed by atoms with Gasteiger partial charge in [-0.3, -0.25) is 14.9 Å². The topological polar surface area (TPSA) is 96.3 Å². The summed E-state index contributed by atoms with van der Waals surface area (Å²) in [6.07, 6.45) is 4.63. The summed E-state index contributed by atoms with van der Waals surface area (Å²) < 4.78 is 2.24. The molecule has 2 aliphatic heterocycles. The summed E-state index contributed by atoms with van der Waals surface area (Å²) in [6.45, 7) is 8.45. The number of fused-ring (bicyclic) bond motifs is 1. The van der Waals surface area contributed by atoms with E-state index in [1.807, 2.05) is 11.2 Å². The molecule has 2 N–H and O–H groups in total. The van der Waals surface area contributed by atoms with Gasteiger partial charge in [-0.05, 0) is 69.2 Å². The molecule has 4 rings (SSSR count). The number of imide groups is 1. The molecule has 0 saturated carbocycles. The Balaban J connectivity index is 1.28. The number of rotatable bonds is 5. The molecule has 2 unspecified atom stereocenters. The number of aryl methyl sites for hydroxylation is 2. The molecule has 0 radical (unpaired) electrons. The molecule has 8 heteroatoms. The Kier molecular flexibility index (Phi) is 5.98. The number of likely N-dealkylation sites (tertiary alicyclic amines) is 1. The fraction of sp³-hybridized carbons (Fsp3) is 0.565. The molecule has 2 saturated heterocycles. The van der Waals surface area contributed by atoms with Gasteiger partial charge in [-0.1, -0.05) is 0 Å². The van der Waals surface area contributed by atoms with Gasteiger partial charge < -0.3 is 14.8 Å². The van der Waals surface area contributed by atoms with Gasteiger partial charge in [0.15, 0.2) is 0 Å². The van der Waals surface area contributed by atoms with Gasteiger partial charge in [-0.15, -0.1) is 0 Å². The van der Waals surface area contributed by atoms with Crippen LogP contribution in [0.25, 0.3) is 11.0 Å². The lowest BCUT2D eigenvalue weighted by Gasteiger charge is -2.33. The van der Waals surface area contributed by atoms with Gasteiger partial charge in [0.05, 0.1) is 23.3 Å². The molecule has 2 aliphatic rings. The highest BCUT2D eigenvalue weighted by atomic mass is 16.2. The first-order chi connectivity index (χ1) is 14.8. The lowest BCUT2D eigenvalue weighted by molar-refractivity contribution is -0.133. The molecule has 0 bridgehead atoms. The van der Waals surface area contributed by atoms with Crippen LogP contribution in [0.15, 0.2) is 18.5 Å². The average molecular weight is 426 g/mol. The number of hydrogen-bond acceptors (Lipinski definition) is 4. The van der Waals surface area contributed by atoms with Crippen molar-refractivity contribution in [3.8, 4) is 0 Å². The van der Waals surface area contributed by atoms with Crippen molar-refractivity contribution in [2.24, 2.45) is 11.8 Å². The minimum Gasteiger partial charge on any atom is -0.343 e. The normalized spacial score (nSPS) is 22.5. The largest absolute Gasteiger partial charge is 0.343 e. The molecule has 2 atom stereocenters. The van der Waals surface area contributed by atoms with E-state index in [4.69, 9.17) is 0 Å². The number of carbonyl (C=O) groups excluding carboxylic acids is 3. The summed E-state index contributed by atoms with van der Waals surface area (Å²) in [4.78, 5) is 42.5. The smallest absolute Gasteiger partial charge is 0.321 e. The second-order valence-corrected chi connectivity index (χ2v) is 9.04. The molecule has 4 amide bonds.